The van der Waals surface area contributed by atoms with Gasteiger partial charge in [-0.3, -0.25) is 0 Å². The molecule has 0 radical (unpaired) electrons. The largest absolute Gasteiger partial charge is 0.488 e. The molecule has 0 aromatic heterocycles. The molecule has 0 spiro atoms. The molecule has 4 rings (SSSR count). The van der Waals surface area contributed by atoms with E-state index < -0.39 is 37.2 Å². The third-order valence-corrected chi connectivity index (χ3v) is 16.1. The highest BCUT2D eigenvalue weighted by atomic mass is 33.1. The number of benzene rings is 1. The second-order valence-corrected chi connectivity index (χ2v) is 22.3. The van der Waals surface area contributed by atoms with Gasteiger partial charge in [-0.2, -0.15) is 39.5 Å². The molecule has 3 aliphatic rings. The van der Waals surface area contributed by atoms with Gasteiger partial charge in [-0.15, -0.1) is 0 Å². The molecule has 0 heterocycles. The van der Waals surface area contributed by atoms with Gasteiger partial charge in [-0.25, -0.2) is 0 Å². The van der Waals surface area contributed by atoms with Crippen LogP contribution < -0.4 is 10.1 Å². The highest BCUT2D eigenvalue weighted by molar-refractivity contribution is 8.76. The molecule has 1 aromatic rings. The zero-order valence-corrected chi connectivity index (χ0v) is 39.9. The van der Waals surface area contributed by atoms with Gasteiger partial charge in [0, 0.05) is 38.3 Å². The Hall–Kier alpha value is -1.11. The first-order chi connectivity index (χ1) is 29.4. The molecule has 5 atom stereocenters. The molecule has 1 aromatic carbocycles. The zero-order valence-electron chi connectivity index (χ0n) is 38.2. The predicted molar refractivity (Wildman–Crippen MR) is 233 cm³/mol. The average molecular weight is 954 g/mol. The maximum Gasteiger partial charge on any atom is 0.435 e. The molecular weight excluding hydrogens is 882 g/mol. The molecule has 0 saturated heterocycles. The van der Waals surface area contributed by atoms with Crippen molar-refractivity contribution >= 4 is 21.6 Å². The normalized spacial score (nSPS) is 23.5. The Morgan fingerprint density at radius 2 is 1.43 bits per heavy atom. The molecular formula is C46H72F9NO5S2. The van der Waals surface area contributed by atoms with Crippen molar-refractivity contribution in [3.8, 4) is 5.75 Å². The number of unbranched alkanes of at least 4 members (excludes halogenated alkanes) is 1. The van der Waals surface area contributed by atoms with Crippen molar-refractivity contribution in [2.45, 2.75) is 160 Å². The van der Waals surface area contributed by atoms with Crippen LogP contribution in [0.2, 0.25) is 0 Å². The van der Waals surface area contributed by atoms with Gasteiger partial charge in [-0.1, -0.05) is 54.8 Å². The highest BCUT2D eigenvalue weighted by Crippen LogP contribution is 2.62. The molecule has 0 amide bonds. The van der Waals surface area contributed by atoms with E-state index in [0.717, 1.165) is 108 Å². The Kier molecular flexibility index (Phi) is 20.1. The Balaban J connectivity index is 1.17. The van der Waals surface area contributed by atoms with E-state index in [1.165, 1.54) is 17.5 Å². The summed E-state index contributed by atoms with van der Waals surface area (Å²) in [5.74, 6) is 4.58. The van der Waals surface area contributed by atoms with Crippen molar-refractivity contribution in [3.63, 3.8) is 0 Å². The van der Waals surface area contributed by atoms with Crippen LogP contribution in [0.5, 0.6) is 5.75 Å². The van der Waals surface area contributed by atoms with Crippen molar-refractivity contribution in [2.24, 2.45) is 28.6 Å². The van der Waals surface area contributed by atoms with Crippen LogP contribution in [-0.4, -0.2) is 101 Å². The van der Waals surface area contributed by atoms with Crippen molar-refractivity contribution in [1.82, 2.24) is 5.32 Å². The number of hydrogen-bond acceptors (Lipinski definition) is 8. The van der Waals surface area contributed by atoms with Crippen LogP contribution in [0.1, 0.15) is 129 Å². The van der Waals surface area contributed by atoms with Gasteiger partial charge in [0.2, 0.25) is 0 Å². The van der Waals surface area contributed by atoms with Crippen LogP contribution in [0, 0.1) is 28.6 Å². The van der Waals surface area contributed by atoms with Crippen LogP contribution in [0.3, 0.4) is 0 Å². The van der Waals surface area contributed by atoms with Crippen molar-refractivity contribution in [2.75, 3.05) is 65.2 Å². The quantitative estimate of drug-likeness (QED) is 0.0532. The predicted octanol–water partition coefficient (Wildman–Crippen LogP) is 13.2. The van der Waals surface area contributed by atoms with Crippen LogP contribution in [-0.2, 0) is 25.4 Å². The summed E-state index contributed by atoms with van der Waals surface area (Å²) in [7, 11) is 7.38. The fraction of sp³-hybridized carbons (Fsp3) is 0.870. The summed E-state index contributed by atoms with van der Waals surface area (Å²) in [6.45, 7) is 12.9. The van der Waals surface area contributed by atoms with E-state index in [-0.39, 0.29) is 29.1 Å². The van der Waals surface area contributed by atoms with E-state index in [4.69, 9.17) is 18.9 Å². The summed E-state index contributed by atoms with van der Waals surface area (Å²) < 4.78 is 146. The number of hydrogen-bond donors (Lipinski definition) is 1. The SMILES string of the molecule is COCC(CCCCNCCCSSCCC(C)(C)CC(C)(C)Oc1ccc2c(c1)CCC1C2CCC2(C)C(OCCCOC(C(F)(F)F)(C(F)(F)F)C(F)(F)F)CCC12)COC. The number of methoxy groups -OCH3 is 2. The van der Waals surface area contributed by atoms with Crippen molar-refractivity contribution in [3.05, 3.63) is 29.3 Å². The fourth-order valence-corrected chi connectivity index (χ4v) is 13.3. The van der Waals surface area contributed by atoms with E-state index in [2.05, 4.69) is 62.9 Å². The summed E-state index contributed by atoms with van der Waals surface area (Å²) in [5.41, 5.74) is -4.17. The number of fused-ring (bicyclic) bond motifs is 5. The number of halogens is 9. The van der Waals surface area contributed by atoms with Gasteiger partial charge < -0.3 is 29.0 Å². The minimum Gasteiger partial charge on any atom is -0.488 e. The molecule has 5 unspecified atom stereocenters. The van der Waals surface area contributed by atoms with Crippen molar-refractivity contribution in [1.29, 1.82) is 0 Å². The first-order valence-corrected chi connectivity index (χ1v) is 25.1. The lowest BCUT2D eigenvalue weighted by Gasteiger charge is -2.50. The van der Waals surface area contributed by atoms with Crippen LogP contribution in [0.4, 0.5) is 39.5 Å². The smallest absolute Gasteiger partial charge is 0.435 e. The summed E-state index contributed by atoms with van der Waals surface area (Å²) in [6, 6.07) is 6.49. The number of rotatable bonds is 27. The van der Waals surface area contributed by atoms with Crippen molar-refractivity contribution < 1.29 is 63.2 Å². The first-order valence-electron chi connectivity index (χ1n) is 22.6. The van der Waals surface area contributed by atoms with Gasteiger partial charge in [-0.05, 0) is 156 Å². The lowest BCUT2D eigenvalue weighted by atomic mass is 9.55. The fourth-order valence-electron chi connectivity index (χ4n) is 10.9. The van der Waals surface area contributed by atoms with Gasteiger partial charge >= 0.3 is 24.1 Å². The second kappa shape index (κ2) is 23.3. The summed E-state index contributed by atoms with van der Waals surface area (Å²) in [6.07, 6.45) is -9.36. The third kappa shape index (κ3) is 14.4. The van der Waals surface area contributed by atoms with E-state index in [9.17, 15) is 39.5 Å². The highest BCUT2D eigenvalue weighted by Gasteiger charge is 2.85. The van der Waals surface area contributed by atoms with Gasteiger partial charge in [0.15, 0.2) is 0 Å². The molecule has 63 heavy (non-hydrogen) atoms. The van der Waals surface area contributed by atoms with Gasteiger partial charge in [0.25, 0.3) is 0 Å². The van der Waals surface area contributed by atoms with Gasteiger partial charge in [0.05, 0.1) is 25.9 Å². The van der Waals surface area contributed by atoms with E-state index in [1.807, 2.05) is 21.6 Å². The number of ether oxygens (including phenoxy) is 5. The molecule has 2 fully saturated rings. The maximum atomic E-state index is 13.2. The zero-order chi connectivity index (χ0) is 46.7. The Morgan fingerprint density at radius 3 is 2.08 bits per heavy atom. The molecule has 3 aliphatic carbocycles. The molecule has 0 bridgehead atoms. The molecule has 6 nitrogen and oxygen atoms in total. The maximum absolute atomic E-state index is 13.2. The minimum absolute atomic E-state index is 0.0934. The molecule has 1 N–H and O–H groups in total. The van der Waals surface area contributed by atoms with Crippen LogP contribution in [0.15, 0.2) is 18.2 Å². The molecule has 0 aliphatic heterocycles. The van der Waals surface area contributed by atoms with E-state index in [0.29, 0.717) is 30.1 Å². The lowest BCUT2D eigenvalue weighted by molar-refractivity contribution is -0.457. The first kappa shape index (κ1) is 54.5. The van der Waals surface area contributed by atoms with E-state index in [1.54, 1.807) is 14.2 Å². The van der Waals surface area contributed by atoms with Crippen LogP contribution >= 0.6 is 21.6 Å². The third-order valence-electron chi connectivity index (χ3n) is 13.6. The topological polar surface area (TPSA) is 58.2 Å². The molecule has 366 valence electrons. The number of nitrogens with one attached hydrogen (secondary N) is 1. The van der Waals surface area contributed by atoms with E-state index >= 15 is 0 Å². The summed E-state index contributed by atoms with van der Waals surface area (Å²) in [4.78, 5) is 0. The number of alkyl halides is 9. The second-order valence-electron chi connectivity index (χ2n) is 19.6. The molecule has 2 saturated carbocycles. The number of aryl methyl sites for hydroxylation is 1. The lowest BCUT2D eigenvalue weighted by Crippen LogP contribution is -2.67. The standard InChI is InChI=1S/C46H72F9NO5S2/c1-40(2,21-27-63-62-26-10-23-56-22-9-8-12-32(29-57-6)30-58-7)31-41(3,4)61-34-14-16-35-33(28-34)13-15-37-36(35)19-20-42(5)38(37)17-18-39(42)59-24-11-25-60-43(44(47,48)49,45(50,51)52)46(53,54)55/h14,16,28,32,36-39,56H,8-13,15,17-27,29-31H2,1-7H3. The average Bonchev–Trinajstić information content (AvgIpc) is 3.50. The minimum atomic E-state index is -6.74. The monoisotopic (exact) mass is 953 g/mol. The summed E-state index contributed by atoms with van der Waals surface area (Å²) in [5, 5.41) is 3.57. The summed E-state index contributed by atoms with van der Waals surface area (Å²) >= 11 is 0. The Labute approximate surface area is 377 Å². The Morgan fingerprint density at radius 1 is 0.778 bits per heavy atom. The molecule has 17 heteroatoms. The van der Waals surface area contributed by atoms with Crippen LogP contribution in [0.25, 0.3) is 0 Å². The van der Waals surface area contributed by atoms with Gasteiger partial charge in [0.1, 0.15) is 11.4 Å². The Bertz CT molecular complexity index is 1490.